The summed E-state index contributed by atoms with van der Waals surface area (Å²) in [7, 11) is 0. The highest BCUT2D eigenvalue weighted by Gasteiger charge is 2.08. The lowest BCUT2D eigenvalue weighted by Gasteiger charge is -2.09. The fourth-order valence-corrected chi connectivity index (χ4v) is 1.85. The van der Waals surface area contributed by atoms with Crippen LogP contribution in [0.25, 0.3) is 0 Å². The molecule has 2 rings (SSSR count). The molecule has 0 bridgehead atoms. The summed E-state index contributed by atoms with van der Waals surface area (Å²) in [4.78, 5) is 8.77. The van der Waals surface area contributed by atoms with Crippen LogP contribution in [-0.2, 0) is 13.1 Å². The standard InChI is InChI=1S/C16H23N5O/c1-4-17-16(19-10-13-7-5-6-8-18-13)20-11-14-9-15(12(2)3)21-22-14/h5-9,12H,4,10-11H2,1-3H3,(H2,17,19,20). The van der Waals surface area contributed by atoms with Gasteiger partial charge in [-0.2, -0.15) is 0 Å². The number of pyridine rings is 1. The molecule has 22 heavy (non-hydrogen) atoms. The van der Waals surface area contributed by atoms with Gasteiger partial charge in [-0.3, -0.25) is 4.98 Å². The van der Waals surface area contributed by atoms with Crippen LogP contribution in [-0.4, -0.2) is 22.6 Å². The lowest BCUT2D eigenvalue weighted by Crippen LogP contribution is -2.36. The highest BCUT2D eigenvalue weighted by Crippen LogP contribution is 2.13. The average Bonchev–Trinajstić information content (AvgIpc) is 3.00. The average molecular weight is 301 g/mol. The van der Waals surface area contributed by atoms with Crippen LogP contribution in [0.3, 0.4) is 0 Å². The van der Waals surface area contributed by atoms with Gasteiger partial charge in [0.25, 0.3) is 0 Å². The summed E-state index contributed by atoms with van der Waals surface area (Å²) >= 11 is 0. The molecule has 0 fully saturated rings. The molecule has 118 valence electrons. The maximum Gasteiger partial charge on any atom is 0.192 e. The van der Waals surface area contributed by atoms with Crippen LogP contribution in [0, 0.1) is 0 Å². The van der Waals surface area contributed by atoms with Crippen LogP contribution in [0.1, 0.15) is 43.8 Å². The summed E-state index contributed by atoms with van der Waals surface area (Å²) in [6.45, 7) is 8.09. The Morgan fingerprint density at radius 1 is 1.32 bits per heavy atom. The Labute approximate surface area is 131 Å². The van der Waals surface area contributed by atoms with Gasteiger partial charge in [0.05, 0.1) is 24.5 Å². The SMILES string of the molecule is CCNC(=NCc1ccccn1)NCc1cc(C(C)C)no1. The molecular formula is C16H23N5O. The predicted octanol–water partition coefficient (Wildman–Crippen LogP) is 2.45. The van der Waals surface area contributed by atoms with E-state index in [0.717, 1.165) is 29.7 Å². The lowest BCUT2D eigenvalue weighted by atomic mass is 10.1. The Kier molecular flexibility index (Phi) is 5.94. The molecule has 0 aromatic carbocycles. The number of nitrogens with zero attached hydrogens (tertiary/aromatic N) is 3. The minimum absolute atomic E-state index is 0.364. The normalized spacial score (nSPS) is 11.7. The van der Waals surface area contributed by atoms with E-state index in [1.54, 1.807) is 6.20 Å². The first-order valence-electron chi connectivity index (χ1n) is 7.56. The Bertz CT molecular complexity index is 592. The summed E-state index contributed by atoms with van der Waals surface area (Å²) in [6.07, 6.45) is 1.77. The van der Waals surface area contributed by atoms with Crippen LogP contribution >= 0.6 is 0 Å². The predicted molar refractivity (Wildman–Crippen MR) is 86.5 cm³/mol. The molecule has 2 N–H and O–H groups in total. The van der Waals surface area contributed by atoms with Crippen molar-refractivity contribution in [3.8, 4) is 0 Å². The second kappa shape index (κ2) is 8.17. The minimum atomic E-state index is 0.364. The first-order chi connectivity index (χ1) is 10.7. The van der Waals surface area contributed by atoms with Crippen molar-refractivity contribution in [2.24, 2.45) is 4.99 Å². The van der Waals surface area contributed by atoms with E-state index in [4.69, 9.17) is 4.52 Å². The van der Waals surface area contributed by atoms with E-state index in [-0.39, 0.29) is 0 Å². The quantitative estimate of drug-likeness (QED) is 0.633. The molecule has 0 aliphatic carbocycles. The number of aromatic nitrogens is 2. The third-order valence-corrected chi connectivity index (χ3v) is 3.07. The number of rotatable bonds is 6. The molecule has 6 nitrogen and oxygen atoms in total. The number of guanidine groups is 1. The Morgan fingerprint density at radius 3 is 2.82 bits per heavy atom. The van der Waals surface area contributed by atoms with Gasteiger partial charge in [0.15, 0.2) is 11.7 Å². The van der Waals surface area contributed by atoms with E-state index in [9.17, 15) is 0 Å². The van der Waals surface area contributed by atoms with Crippen molar-refractivity contribution in [2.75, 3.05) is 6.54 Å². The third-order valence-electron chi connectivity index (χ3n) is 3.07. The second-order valence-electron chi connectivity index (χ2n) is 5.24. The van der Waals surface area contributed by atoms with Crippen LogP contribution in [0.5, 0.6) is 0 Å². The molecular weight excluding hydrogens is 278 g/mol. The maximum atomic E-state index is 5.31. The zero-order chi connectivity index (χ0) is 15.8. The van der Waals surface area contributed by atoms with Crippen molar-refractivity contribution in [2.45, 2.75) is 39.8 Å². The molecule has 0 saturated carbocycles. The first-order valence-corrected chi connectivity index (χ1v) is 7.56. The van der Waals surface area contributed by atoms with Crippen molar-refractivity contribution in [3.05, 3.63) is 47.6 Å². The molecule has 2 aromatic rings. The van der Waals surface area contributed by atoms with Crippen molar-refractivity contribution < 1.29 is 4.52 Å². The Hall–Kier alpha value is -2.37. The van der Waals surface area contributed by atoms with Crippen LogP contribution in [0.2, 0.25) is 0 Å². The van der Waals surface area contributed by atoms with Gasteiger partial charge in [0, 0.05) is 18.8 Å². The second-order valence-corrected chi connectivity index (χ2v) is 5.24. The van der Waals surface area contributed by atoms with Gasteiger partial charge < -0.3 is 15.2 Å². The van der Waals surface area contributed by atoms with Gasteiger partial charge in [-0.15, -0.1) is 0 Å². The Morgan fingerprint density at radius 2 is 2.18 bits per heavy atom. The molecule has 0 saturated heterocycles. The molecule has 0 amide bonds. The van der Waals surface area contributed by atoms with Crippen molar-refractivity contribution in [1.29, 1.82) is 0 Å². The molecule has 2 aromatic heterocycles. The van der Waals surface area contributed by atoms with Crippen LogP contribution in [0.4, 0.5) is 0 Å². The molecule has 0 spiro atoms. The molecule has 0 unspecified atom stereocenters. The fraction of sp³-hybridized carbons (Fsp3) is 0.438. The third kappa shape index (κ3) is 4.87. The van der Waals surface area contributed by atoms with Crippen LogP contribution < -0.4 is 10.6 Å². The zero-order valence-corrected chi connectivity index (χ0v) is 13.3. The van der Waals surface area contributed by atoms with Gasteiger partial charge in [-0.25, -0.2) is 4.99 Å². The maximum absolute atomic E-state index is 5.31. The van der Waals surface area contributed by atoms with Gasteiger partial charge in [0.2, 0.25) is 0 Å². The zero-order valence-electron chi connectivity index (χ0n) is 13.3. The number of hydrogen-bond donors (Lipinski definition) is 2. The highest BCUT2D eigenvalue weighted by molar-refractivity contribution is 5.79. The van der Waals surface area contributed by atoms with E-state index in [0.29, 0.717) is 19.0 Å². The van der Waals surface area contributed by atoms with Crippen LogP contribution in [0.15, 0.2) is 40.0 Å². The van der Waals surface area contributed by atoms with Crippen molar-refractivity contribution in [1.82, 2.24) is 20.8 Å². The summed E-state index contributed by atoms with van der Waals surface area (Å²) < 4.78 is 5.31. The summed E-state index contributed by atoms with van der Waals surface area (Å²) in [5.41, 5.74) is 1.90. The van der Waals surface area contributed by atoms with Crippen molar-refractivity contribution in [3.63, 3.8) is 0 Å². The van der Waals surface area contributed by atoms with Gasteiger partial charge >= 0.3 is 0 Å². The van der Waals surface area contributed by atoms with Gasteiger partial charge in [0.1, 0.15) is 0 Å². The smallest absolute Gasteiger partial charge is 0.192 e. The molecule has 2 heterocycles. The monoisotopic (exact) mass is 301 g/mol. The van der Waals surface area contributed by atoms with E-state index >= 15 is 0 Å². The van der Waals surface area contributed by atoms with E-state index in [2.05, 4.69) is 39.6 Å². The fourth-order valence-electron chi connectivity index (χ4n) is 1.85. The molecule has 0 aliphatic rings. The molecule has 6 heteroatoms. The first kappa shape index (κ1) is 16.0. The summed E-state index contributed by atoms with van der Waals surface area (Å²) in [6, 6.07) is 7.78. The Balaban J connectivity index is 1.93. The van der Waals surface area contributed by atoms with Crippen molar-refractivity contribution >= 4 is 5.96 Å². The van der Waals surface area contributed by atoms with Gasteiger partial charge in [-0.1, -0.05) is 25.1 Å². The molecule has 0 atom stereocenters. The molecule has 0 aliphatic heterocycles. The summed E-state index contributed by atoms with van der Waals surface area (Å²) in [5.74, 6) is 1.89. The van der Waals surface area contributed by atoms with E-state index in [1.165, 1.54) is 0 Å². The van der Waals surface area contributed by atoms with E-state index in [1.807, 2.05) is 31.2 Å². The summed E-state index contributed by atoms with van der Waals surface area (Å²) in [5, 5.41) is 10.5. The minimum Gasteiger partial charge on any atom is -0.359 e. The van der Waals surface area contributed by atoms with Gasteiger partial charge in [-0.05, 0) is 25.0 Å². The number of hydrogen-bond acceptors (Lipinski definition) is 4. The molecule has 0 radical (unpaired) electrons. The largest absolute Gasteiger partial charge is 0.359 e. The topological polar surface area (TPSA) is 75.3 Å². The number of aliphatic imine (C=N–C) groups is 1. The highest BCUT2D eigenvalue weighted by atomic mass is 16.5. The lowest BCUT2D eigenvalue weighted by molar-refractivity contribution is 0.372. The van der Waals surface area contributed by atoms with E-state index < -0.39 is 0 Å². The number of nitrogens with one attached hydrogen (secondary N) is 2.